The van der Waals surface area contributed by atoms with Gasteiger partial charge in [-0.2, -0.15) is 0 Å². The minimum atomic E-state index is -0.968. The minimum absolute atomic E-state index is 0. The van der Waals surface area contributed by atoms with Crippen LogP contribution in [0.25, 0.3) is 0 Å². The van der Waals surface area contributed by atoms with Gasteiger partial charge in [0.2, 0.25) is 0 Å². The molecule has 0 saturated carbocycles. The molecule has 0 aromatic carbocycles. The van der Waals surface area contributed by atoms with Gasteiger partial charge in [-0.3, -0.25) is 9.59 Å². The van der Waals surface area contributed by atoms with Gasteiger partial charge < -0.3 is 32.6 Å². The SMILES string of the molecule is NCC(=O)O.NCC(=O)O.[Ca+2].[Ca+2].[Ca+2].[O-2].[O-2]. The molecule has 0 atom stereocenters. The van der Waals surface area contributed by atoms with Crippen molar-refractivity contribution >= 4 is 125 Å². The molecule has 6 N–H and O–H groups in total. The van der Waals surface area contributed by atoms with Crippen molar-refractivity contribution in [3.05, 3.63) is 0 Å². The van der Waals surface area contributed by atoms with Gasteiger partial charge in [0.1, 0.15) is 0 Å². The zero-order valence-electron chi connectivity index (χ0n) is 8.22. The molecule has 15 heavy (non-hydrogen) atoms. The molecule has 0 aliphatic heterocycles. The van der Waals surface area contributed by atoms with Gasteiger partial charge in [-0.15, -0.1) is 0 Å². The van der Waals surface area contributed by atoms with Crippen molar-refractivity contribution in [3.63, 3.8) is 0 Å². The molecule has 0 fully saturated rings. The zero-order valence-corrected chi connectivity index (χ0v) is 14.8. The largest absolute Gasteiger partial charge is 2.00 e. The van der Waals surface area contributed by atoms with Gasteiger partial charge >= 0.3 is 125 Å². The van der Waals surface area contributed by atoms with Gasteiger partial charge in [-0.1, -0.05) is 0 Å². The quantitative estimate of drug-likeness (QED) is 0.387. The summed E-state index contributed by atoms with van der Waals surface area (Å²) in [4.78, 5) is 18.5. The molecule has 0 heterocycles. The smallest absolute Gasteiger partial charge is 2.00 e. The summed E-state index contributed by atoms with van der Waals surface area (Å²) in [5.74, 6) is -1.94. The number of carbonyl (C=O) groups is 2. The fraction of sp³-hybridized carbons (Fsp3) is 0.500. The van der Waals surface area contributed by atoms with Crippen molar-refractivity contribution in [3.8, 4) is 0 Å². The van der Waals surface area contributed by atoms with Gasteiger partial charge in [0.15, 0.2) is 0 Å². The average Bonchev–Trinajstić information content (AvgIpc) is 1.89. The number of nitrogens with two attached hydrogens (primary N) is 2. The van der Waals surface area contributed by atoms with Crippen molar-refractivity contribution in [2.75, 3.05) is 13.1 Å². The van der Waals surface area contributed by atoms with Crippen molar-refractivity contribution in [1.29, 1.82) is 0 Å². The summed E-state index contributed by atoms with van der Waals surface area (Å²) >= 11 is 0. The fourth-order valence-electron chi connectivity index (χ4n) is 0. The Kier molecular flexibility index (Phi) is 104. The minimum Gasteiger partial charge on any atom is -2.00 e. The Morgan fingerprint density at radius 3 is 0.867 bits per heavy atom. The summed E-state index contributed by atoms with van der Waals surface area (Å²) in [6.45, 7) is -0.556. The van der Waals surface area contributed by atoms with E-state index in [1.165, 1.54) is 0 Å². The second-order valence-corrected chi connectivity index (χ2v) is 1.20. The van der Waals surface area contributed by atoms with E-state index in [2.05, 4.69) is 11.5 Å². The third-order valence-corrected chi connectivity index (χ3v) is 0.349. The summed E-state index contributed by atoms with van der Waals surface area (Å²) in [5.41, 5.74) is 9.14. The molecular weight excluding hydrogens is 292 g/mol. The third kappa shape index (κ3) is 81.6. The van der Waals surface area contributed by atoms with Crippen LogP contribution in [0.2, 0.25) is 0 Å². The first-order valence-electron chi connectivity index (χ1n) is 2.38. The first-order valence-corrected chi connectivity index (χ1v) is 2.38. The Labute approximate surface area is 177 Å². The molecular formula is C4H10Ca3N2O6+2. The number of hydrogen-bond acceptors (Lipinski definition) is 4. The molecule has 0 aromatic rings. The van der Waals surface area contributed by atoms with E-state index in [0.29, 0.717) is 0 Å². The van der Waals surface area contributed by atoms with Crippen LogP contribution in [0.3, 0.4) is 0 Å². The number of rotatable bonds is 2. The zero-order chi connectivity index (χ0) is 8.57. The standard InChI is InChI=1S/2C2H5NO2.3Ca.2O/c2*3-1-2(4)5;;;;;/h2*1,3H2,(H,4,5);;;;;/q;;3*+2;2*-2. The summed E-state index contributed by atoms with van der Waals surface area (Å²) in [5, 5.41) is 15.2. The summed E-state index contributed by atoms with van der Waals surface area (Å²) < 4.78 is 0. The van der Waals surface area contributed by atoms with Crippen LogP contribution in [0.5, 0.6) is 0 Å². The molecule has 0 saturated heterocycles. The van der Waals surface area contributed by atoms with E-state index < -0.39 is 11.9 Å². The maximum absolute atomic E-state index is 9.24. The van der Waals surface area contributed by atoms with E-state index in [0.717, 1.165) is 0 Å². The van der Waals surface area contributed by atoms with Crippen LogP contribution >= 0.6 is 0 Å². The monoisotopic (exact) mass is 302 g/mol. The molecule has 0 bridgehead atoms. The van der Waals surface area contributed by atoms with Crippen LogP contribution in [0.1, 0.15) is 0 Å². The number of carboxylic acid groups (broad SMARTS) is 2. The molecule has 0 unspecified atom stereocenters. The van der Waals surface area contributed by atoms with Gasteiger partial charge in [-0.25, -0.2) is 0 Å². The Bertz CT molecular complexity index is 113. The second kappa shape index (κ2) is 36.0. The summed E-state index contributed by atoms with van der Waals surface area (Å²) in [6.07, 6.45) is 0. The Balaban J connectivity index is -0.0000000128. The topological polar surface area (TPSA) is 184 Å². The van der Waals surface area contributed by atoms with Crippen LogP contribution in [-0.4, -0.2) is 148 Å². The molecule has 11 heteroatoms. The maximum Gasteiger partial charge on any atom is 2.00 e. The van der Waals surface area contributed by atoms with E-state index in [1.54, 1.807) is 0 Å². The van der Waals surface area contributed by atoms with E-state index in [4.69, 9.17) is 10.2 Å². The van der Waals surface area contributed by atoms with Crippen LogP contribution in [0.15, 0.2) is 0 Å². The normalized spacial score (nSPS) is 4.93. The number of aliphatic carboxylic acids is 2. The Morgan fingerprint density at radius 2 is 0.867 bits per heavy atom. The molecule has 0 amide bonds. The van der Waals surface area contributed by atoms with Crippen molar-refractivity contribution in [1.82, 2.24) is 0 Å². The van der Waals surface area contributed by atoms with E-state index >= 15 is 0 Å². The van der Waals surface area contributed by atoms with Crippen molar-refractivity contribution in [2.24, 2.45) is 11.5 Å². The van der Waals surface area contributed by atoms with E-state index in [1.807, 2.05) is 0 Å². The second-order valence-electron chi connectivity index (χ2n) is 1.20. The van der Waals surface area contributed by atoms with Crippen molar-refractivity contribution < 1.29 is 30.8 Å². The first-order chi connectivity index (χ1) is 4.54. The van der Waals surface area contributed by atoms with Crippen LogP contribution in [-0.2, 0) is 20.5 Å². The molecule has 0 aliphatic rings. The van der Waals surface area contributed by atoms with Gasteiger partial charge in [0.25, 0.3) is 0 Å². The maximum atomic E-state index is 9.24. The van der Waals surface area contributed by atoms with Crippen LogP contribution in [0.4, 0.5) is 0 Å². The van der Waals surface area contributed by atoms with Gasteiger partial charge in [-0.05, 0) is 0 Å². The van der Waals surface area contributed by atoms with Gasteiger partial charge in [0.05, 0.1) is 13.1 Å². The van der Waals surface area contributed by atoms with Crippen molar-refractivity contribution in [2.45, 2.75) is 0 Å². The fourth-order valence-corrected chi connectivity index (χ4v) is 0. The van der Waals surface area contributed by atoms with Gasteiger partial charge in [0, 0.05) is 0 Å². The third-order valence-electron chi connectivity index (χ3n) is 0.349. The Hall–Kier alpha value is 2.56. The van der Waals surface area contributed by atoms with Crippen LogP contribution in [0, 0.1) is 0 Å². The summed E-state index contributed by atoms with van der Waals surface area (Å²) in [7, 11) is 0. The van der Waals surface area contributed by atoms with Crippen LogP contribution < -0.4 is 11.5 Å². The summed E-state index contributed by atoms with van der Waals surface area (Å²) in [6, 6.07) is 0. The Morgan fingerprint density at radius 1 is 0.800 bits per heavy atom. The first kappa shape index (κ1) is 43.2. The van der Waals surface area contributed by atoms with E-state index in [-0.39, 0.29) is 137 Å². The average molecular weight is 302 g/mol. The molecule has 76 valence electrons. The molecule has 8 nitrogen and oxygen atoms in total. The van der Waals surface area contributed by atoms with E-state index in [9.17, 15) is 9.59 Å². The number of carboxylic acids is 2. The predicted molar refractivity (Wildman–Crippen MR) is 52.0 cm³/mol. The molecule has 0 aliphatic carbocycles. The molecule has 0 radical (unpaired) electrons. The molecule has 0 rings (SSSR count). The number of hydrogen-bond donors (Lipinski definition) is 4. The molecule has 0 spiro atoms. The molecule has 0 aromatic heterocycles. The predicted octanol–water partition coefficient (Wildman–Crippen LogP) is -3.32.